The van der Waals surface area contributed by atoms with Crippen LogP contribution in [-0.2, 0) is 6.54 Å². The number of rotatable bonds is 6. The van der Waals surface area contributed by atoms with E-state index in [1.54, 1.807) is 36.7 Å². The van der Waals surface area contributed by atoms with Crippen molar-refractivity contribution >= 4 is 17.3 Å². The van der Waals surface area contributed by atoms with Crippen LogP contribution in [0.15, 0.2) is 84.0 Å². The minimum Gasteiger partial charge on any atom is -0.457 e. The van der Waals surface area contributed by atoms with Crippen LogP contribution in [0.1, 0.15) is 5.56 Å². The van der Waals surface area contributed by atoms with Crippen molar-refractivity contribution in [1.82, 2.24) is 14.8 Å². The van der Waals surface area contributed by atoms with Crippen LogP contribution in [0.3, 0.4) is 0 Å². The van der Waals surface area contributed by atoms with Gasteiger partial charge in [0.05, 0.1) is 17.6 Å². The molecule has 6 nitrogen and oxygen atoms in total. The molecule has 2 heterocycles. The Morgan fingerprint density at radius 2 is 1.70 bits per heavy atom. The number of nitrogens with one attached hydrogen (secondary N) is 1. The molecule has 0 saturated heterocycles. The first kappa shape index (κ1) is 19.6. The van der Waals surface area contributed by atoms with Gasteiger partial charge in [0.25, 0.3) is 5.56 Å². The molecule has 0 spiro atoms. The van der Waals surface area contributed by atoms with E-state index < -0.39 is 5.56 Å². The van der Waals surface area contributed by atoms with E-state index in [-0.39, 0.29) is 10.8 Å². The topological polar surface area (TPSA) is 69.0 Å². The van der Waals surface area contributed by atoms with Gasteiger partial charge in [0, 0.05) is 18.9 Å². The van der Waals surface area contributed by atoms with E-state index in [0.717, 1.165) is 5.56 Å². The van der Waals surface area contributed by atoms with Gasteiger partial charge in [-0.25, -0.2) is 4.39 Å². The number of hydrogen-bond acceptors (Lipinski definition) is 5. The second-order valence-corrected chi connectivity index (χ2v) is 6.73. The fourth-order valence-corrected chi connectivity index (χ4v) is 2.93. The number of nitrogens with zero attached hydrogens (tertiary/aromatic N) is 3. The third-order valence-electron chi connectivity index (χ3n) is 4.26. The number of halogens is 2. The highest BCUT2D eigenvalue weighted by atomic mass is 35.5. The number of benzene rings is 2. The van der Waals surface area contributed by atoms with Crippen LogP contribution in [0.25, 0.3) is 5.69 Å². The van der Waals surface area contributed by atoms with Gasteiger partial charge in [0.15, 0.2) is 0 Å². The number of ether oxygens (including phenoxy) is 1. The molecule has 0 amide bonds. The molecular formula is C22H16ClFN4O2. The zero-order valence-corrected chi connectivity index (χ0v) is 16.4. The van der Waals surface area contributed by atoms with E-state index in [1.807, 2.05) is 12.1 Å². The predicted octanol–water partition coefficient (Wildman–Crippen LogP) is 4.82. The van der Waals surface area contributed by atoms with Crippen LogP contribution < -0.4 is 15.6 Å². The molecule has 8 heteroatoms. The largest absolute Gasteiger partial charge is 0.457 e. The Kier molecular flexibility index (Phi) is 5.72. The molecule has 0 saturated carbocycles. The maximum absolute atomic E-state index is 13.0. The molecule has 0 atom stereocenters. The van der Waals surface area contributed by atoms with Gasteiger partial charge in [-0.15, -0.1) is 0 Å². The van der Waals surface area contributed by atoms with Crippen LogP contribution in [0.5, 0.6) is 11.5 Å². The lowest BCUT2D eigenvalue weighted by Crippen LogP contribution is -2.22. The van der Waals surface area contributed by atoms with E-state index in [2.05, 4.69) is 15.4 Å². The van der Waals surface area contributed by atoms with Crippen molar-refractivity contribution in [1.29, 1.82) is 0 Å². The maximum Gasteiger partial charge on any atom is 0.292 e. The summed E-state index contributed by atoms with van der Waals surface area (Å²) in [4.78, 5) is 16.7. The first-order chi connectivity index (χ1) is 14.6. The summed E-state index contributed by atoms with van der Waals surface area (Å²) in [6.45, 7) is 0.466. The fraction of sp³-hybridized carbons (Fsp3) is 0.0455. The molecule has 150 valence electrons. The molecule has 30 heavy (non-hydrogen) atoms. The summed E-state index contributed by atoms with van der Waals surface area (Å²) in [7, 11) is 0. The monoisotopic (exact) mass is 422 g/mol. The molecule has 0 radical (unpaired) electrons. The van der Waals surface area contributed by atoms with E-state index in [1.165, 1.54) is 35.1 Å². The minimum absolute atomic E-state index is 0.0422. The van der Waals surface area contributed by atoms with E-state index in [9.17, 15) is 9.18 Å². The van der Waals surface area contributed by atoms with Gasteiger partial charge in [-0.1, -0.05) is 17.7 Å². The Labute approximate surface area is 176 Å². The Hall–Kier alpha value is -3.71. The number of aromatic nitrogens is 3. The molecule has 0 unspecified atom stereocenters. The second-order valence-electron chi connectivity index (χ2n) is 6.35. The molecule has 1 N–H and O–H groups in total. The minimum atomic E-state index is -0.444. The van der Waals surface area contributed by atoms with E-state index in [4.69, 9.17) is 16.3 Å². The van der Waals surface area contributed by atoms with E-state index >= 15 is 0 Å². The highest BCUT2D eigenvalue weighted by Gasteiger charge is 2.11. The molecule has 0 aliphatic carbocycles. The van der Waals surface area contributed by atoms with Crippen LogP contribution in [0.2, 0.25) is 5.02 Å². The zero-order valence-electron chi connectivity index (χ0n) is 15.6. The summed E-state index contributed by atoms with van der Waals surface area (Å²) < 4.78 is 19.9. The summed E-state index contributed by atoms with van der Waals surface area (Å²) >= 11 is 6.26. The van der Waals surface area contributed by atoms with Gasteiger partial charge in [-0.3, -0.25) is 9.78 Å². The number of hydrogen-bond donors (Lipinski definition) is 1. The lowest BCUT2D eigenvalue weighted by atomic mass is 10.3. The van der Waals surface area contributed by atoms with Crippen molar-refractivity contribution in [3.05, 3.63) is 106 Å². The van der Waals surface area contributed by atoms with Crippen LogP contribution in [0, 0.1) is 5.82 Å². The van der Waals surface area contributed by atoms with Gasteiger partial charge in [0.1, 0.15) is 22.3 Å². The smallest absolute Gasteiger partial charge is 0.292 e. The molecule has 2 aromatic carbocycles. The van der Waals surface area contributed by atoms with Crippen LogP contribution >= 0.6 is 11.6 Å². The van der Waals surface area contributed by atoms with Gasteiger partial charge in [-0.2, -0.15) is 9.78 Å². The highest BCUT2D eigenvalue weighted by molar-refractivity contribution is 6.32. The molecule has 2 aromatic heterocycles. The summed E-state index contributed by atoms with van der Waals surface area (Å²) in [5.41, 5.74) is 1.49. The highest BCUT2D eigenvalue weighted by Crippen LogP contribution is 2.23. The maximum atomic E-state index is 13.0. The molecule has 0 aliphatic rings. The SMILES string of the molecule is O=c1c(Cl)c(NCc2cccnc2)cnn1-c1ccc(Oc2ccc(F)cc2)cc1. The summed E-state index contributed by atoms with van der Waals surface area (Å²) in [5, 5.41) is 7.34. The number of pyridine rings is 1. The van der Waals surface area contributed by atoms with Gasteiger partial charge >= 0.3 is 0 Å². The normalized spacial score (nSPS) is 10.6. The van der Waals surface area contributed by atoms with Crippen LogP contribution in [0.4, 0.5) is 10.1 Å². The van der Waals surface area contributed by atoms with Crippen molar-refractivity contribution in [2.24, 2.45) is 0 Å². The fourth-order valence-electron chi connectivity index (χ4n) is 2.73. The first-order valence-corrected chi connectivity index (χ1v) is 9.42. The average Bonchev–Trinajstić information content (AvgIpc) is 2.78. The molecular weight excluding hydrogens is 407 g/mol. The van der Waals surface area contributed by atoms with Crippen molar-refractivity contribution in [2.75, 3.05) is 5.32 Å². The van der Waals surface area contributed by atoms with Gasteiger partial charge in [0.2, 0.25) is 0 Å². The summed E-state index contributed by atoms with van der Waals surface area (Å²) in [6, 6.07) is 16.2. The third kappa shape index (κ3) is 4.47. The summed E-state index contributed by atoms with van der Waals surface area (Å²) in [6.07, 6.45) is 4.92. The molecule has 4 aromatic rings. The van der Waals surface area contributed by atoms with Crippen molar-refractivity contribution < 1.29 is 9.13 Å². The standard InChI is InChI=1S/C22H16ClFN4O2/c23-21-20(26-13-15-2-1-11-25-12-15)14-27-28(22(21)29)17-5-9-19(10-6-17)30-18-7-3-16(24)4-8-18/h1-12,14,26H,13H2. The lowest BCUT2D eigenvalue weighted by molar-refractivity contribution is 0.480. The Morgan fingerprint density at radius 1 is 1.00 bits per heavy atom. The first-order valence-electron chi connectivity index (χ1n) is 9.04. The average molecular weight is 423 g/mol. The van der Waals surface area contributed by atoms with Gasteiger partial charge < -0.3 is 10.1 Å². The second kappa shape index (κ2) is 8.75. The number of anilines is 1. The third-order valence-corrected chi connectivity index (χ3v) is 4.62. The Bertz CT molecular complexity index is 1200. The molecule has 0 fully saturated rings. The lowest BCUT2D eigenvalue weighted by Gasteiger charge is -2.11. The quantitative estimate of drug-likeness (QED) is 0.482. The molecule has 0 aliphatic heterocycles. The van der Waals surface area contributed by atoms with Crippen molar-refractivity contribution in [3.8, 4) is 17.2 Å². The predicted molar refractivity (Wildman–Crippen MR) is 113 cm³/mol. The zero-order chi connectivity index (χ0) is 20.9. The summed E-state index contributed by atoms with van der Waals surface area (Å²) in [5.74, 6) is 0.712. The molecule has 4 rings (SSSR count). The Balaban J connectivity index is 1.50. The van der Waals surface area contributed by atoms with Crippen molar-refractivity contribution in [3.63, 3.8) is 0 Å². The Morgan fingerprint density at radius 3 is 2.37 bits per heavy atom. The van der Waals surface area contributed by atoms with Gasteiger partial charge in [-0.05, 0) is 60.2 Å². The van der Waals surface area contributed by atoms with E-state index in [0.29, 0.717) is 29.4 Å². The van der Waals surface area contributed by atoms with Crippen LogP contribution in [-0.4, -0.2) is 14.8 Å². The van der Waals surface area contributed by atoms with Crippen molar-refractivity contribution in [2.45, 2.75) is 6.54 Å². The molecule has 0 bridgehead atoms.